The molecule has 3 aliphatic carbocycles. The number of hydrogen-bond acceptors (Lipinski definition) is 6. The summed E-state index contributed by atoms with van der Waals surface area (Å²) < 4.78 is 6.03. The summed E-state index contributed by atoms with van der Waals surface area (Å²) in [5.41, 5.74) is 4.50. The monoisotopic (exact) mass is 634 g/mol. The second kappa shape index (κ2) is 16.8. The van der Waals surface area contributed by atoms with Crippen molar-refractivity contribution in [3.63, 3.8) is 0 Å². The normalized spacial score (nSPS) is 18.5. The van der Waals surface area contributed by atoms with E-state index in [1.54, 1.807) is 0 Å². The van der Waals surface area contributed by atoms with Gasteiger partial charge in [0, 0.05) is 35.3 Å². The number of nitrogens with zero attached hydrogens (tertiary/aromatic N) is 1. The summed E-state index contributed by atoms with van der Waals surface area (Å²) in [4.78, 5) is 34.5. The largest absolute Gasteiger partial charge is 0.489 e. The molecule has 47 heavy (non-hydrogen) atoms. The van der Waals surface area contributed by atoms with E-state index >= 15 is 0 Å². The van der Waals surface area contributed by atoms with Crippen molar-refractivity contribution in [2.45, 2.75) is 121 Å². The number of carbonyl (C=O) groups excluding carboxylic acids is 2. The highest BCUT2D eigenvalue weighted by molar-refractivity contribution is 6.09. The van der Waals surface area contributed by atoms with Crippen molar-refractivity contribution in [2.24, 2.45) is 0 Å². The number of hydrogen-bond donors (Lipinski definition) is 1. The molecule has 3 aromatic carbocycles. The van der Waals surface area contributed by atoms with E-state index in [4.69, 9.17) is 9.57 Å². The van der Waals surface area contributed by atoms with Gasteiger partial charge in [0.2, 0.25) is 0 Å². The third-order valence-corrected chi connectivity index (χ3v) is 10.1. The Labute approximate surface area is 280 Å². The van der Waals surface area contributed by atoms with Gasteiger partial charge in [-0.25, -0.2) is 4.79 Å². The number of ether oxygens (including phenoxy) is 1. The maximum absolute atomic E-state index is 14.3. The molecule has 0 bridgehead atoms. The average molecular weight is 635 g/mol. The number of allylic oxidation sites excluding steroid dienone is 2. The van der Waals surface area contributed by atoms with Gasteiger partial charge >= 0.3 is 5.97 Å². The van der Waals surface area contributed by atoms with E-state index in [1.807, 2.05) is 72.8 Å². The van der Waals surface area contributed by atoms with Crippen molar-refractivity contribution in [3.8, 4) is 5.75 Å². The van der Waals surface area contributed by atoms with Crippen LogP contribution in [0.4, 0.5) is 0 Å². The lowest BCUT2D eigenvalue weighted by Crippen LogP contribution is -2.50. The zero-order valence-corrected chi connectivity index (χ0v) is 27.7. The van der Waals surface area contributed by atoms with E-state index in [2.05, 4.69) is 22.5 Å². The van der Waals surface area contributed by atoms with Gasteiger partial charge in [-0.15, -0.1) is 5.06 Å². The molecular formula is C41H50N2O4. The van der Waals surface area contributed by atoms with E-state index in [1.165, 1.54) is 38.5 Å². The van der Waals surface area contributed by atoms with Gasteiger partial charge in [-0.2, -0.15) is 0 Å². The molecule has 0 heterocycles. The van der Waals surface area contributed by atoms with Crippen LogP contribution >= 0.6 is 0 Å². The fraction of sp³-hybridized carbons (Fsp3) is 0.463. The Hall–Kier alpha value is -3.90. The lowest BCUT2D eigenvalue weighted by atomic mass is 9.89. The highest BCUT2D eigenvalue weighted by Gasteiger charge is 2.35. The van der Waals surface area contributed by atoms with Crippen LogP contribution in [-0.2, 0) is 22.7 Å². The molecule has 3 aliphatic rings. The van der Waals surface area contributed by atoms with Gasteiger partial charge in [-0.1, -0.05) is 111 Å². The Balaban J connectivity index is 1.23. The Bertz CT molecular complexity index is 1440. The molecule has 0 spiro atoms. The Morgan fingerprint density at radius 3 is 1.91 bits per heavy atom. The second-order valence-electron chi connectivity index (χ2n) is 13.5. The molecule has 0 aromatic heterocycles. The maximum atomic E-state index is 14.3. The molecule has 6 heteroatoms. The molecule has 0 radical (unpaired) electrons. The summed E-state index contributed by atoms with van der Waals surface area (Å²) in [6.07, 6.45) is 15.4. The van der Waals surface area contributed by atoms with Crippen LogP contribution in [0.1, 0.15) is 111 Å². The van der Waals surface area contributed by atoms with E-state index in [0.717, 1.165) is 73.1 Å². The van der Waals surface area contributed by atoms with Gasteiger partial charge in [0.25, 0.3) is 0 Å². The van der Waals surface area contributed by atoms with Crippen LogP contribution in [0.2, 0.25) is 0 Å². The Kier molecular flexibility index (Phi) is 11.8. The van der Waals surface area contributed by atoms with E-state index < -0.39 is 6.04 Å². The summed E-state index contributed by atoms with van der Waals surface area (Å²) in [5, 5.41) is 5.72. The van der Waals surface area contributed by atoms with E-state index in [9.17, 15) is 9.59 Å². The van der Waals surface area contributed by atoms with Gasteiger partial charge < -0.3 is 14.9 Å². The number of Topliss-reactive ketones (excluding diaryl/α,β-unsaturated/α-hetero) is 1. The number of hydroxylamine groups is 2. The summed E-state index contributed by atoms with van der Waals surface area (Å²) in [6.45, 7) is 0.501. The molecule has 2 saturated carbocycles. The fourth-order valence-corrected chi connectivity index (χ4v) is 7.47. The molecular weight excluding hydrogens is 584 g/mol. The predicted molar refractivity (Wildman–Crippen MR) is 186 cm³/mol. The lowest BCUT2D eigenvalue weighted by Gasteiger charge is -2.40. The van der Waals surface area contributed by atoms with Crippen molar-refractivity contribution in [1.82, 2.24) is 10.4 Å². The SMILES string of the molecule is O=C(C1=C(N[C@@H](Cc2ccc(OCc3ccccc3)cc2)C(=O)ON(C2CCCCC2)C2CCCCC2)CCCC1)c1ccccc1. The summed E-state index contributed by atoms with van der Waals surface area (Å²) in [6, 6.07) is 27.6. The summed E-state index contributed by atoms with van der Waals surface area (Å²) in [7, 11) is 0. The van der Waals surface area contributed by atoms with Crippen molar-refractivity contribution in [1.29, 1.82) is 0 Å². The molecule has 6 rings (SSSR count). The number of rotatable bonds is 13. The van der Waals surface area contributed by atoms with Crippen LogP contribution in [0, 0.1) is 0 Å². The van der Waals surface area contributed by atoms with Gasteiger partial charge in [-0.05, 0) is 74.6 Å². The van der Waals surface area contributed by atoms with Crippen molar-refractivity contribution >= 4 is 11.8 Å². The molecule has 248 valence electrons. The first-order valence-corrected chi connectivity index (χ1v) is 18.0. The summed E-state index contributed by atoms with van der Waals surface area (Å²) in [5.74, 6) is 0.581. The highest BCUT2D eigenvalue weighted by Crippen LogP contribution is 2.32. The molecule has 0 amide bonds. The minimum atomic E-state index is -0.618. The summed E-state index contributed by atoms with van der Waals surface area (Å²) >= 11 is 0. The lowest BCUT2D eigenvalue weighted by molar-refractivity contribution is -0.224. The second-order valence-corrected chi connectivity index (χ2v) is 13.5. The Morgan fingerprint density at radius 2 is 1.28 bits per heavy atom. The predicted octanol–water partition coefficient (Wildman–Crippen LogP) is 8.90. The van der Waals surface area contributed by atoms with Gasteiger partial charge in [0.05, 0.1) is 0 Å². The van der Waals surface area contributed by atoms with Gasteiger partial charge in [0.15, 0.2) is 5.78 Å². The number of benzene rings is 3. The fourth-order valence-electron chi connectivity index (χ4n) is 7.47. The van der Waals surface area contributed by atoms with Crippen molar-refractivity contribution < 1.29 is 19.2 Å². The van der Waals surface area contributed by atoms with E-state index in [-0.39, 0.29) is 23.8 Å². The standard InChI is InChI=1S/C41H50N2O4/c44-40(33-17-7-2-8-18-33)37-23-13-14-24-38(37)42-39(29-31-25-27-36(28-26-31)46-30-32-15-5-1-6-16-32)41(45)47-43(34-19-9-3-10-20-34)35-21-11-4-12-22-35/h1-2,5-8,15-18,25-28,34-35,39,42H,3-4,9-14,19-24,29-30H2/t39-/m0/s1. The van der Waals surface area contributed by atoms with Gasteiger partial charge in [-0.3, -0.25) is 4.79 Å². The highest BCUT2D eigenvalue weighted by atomic mass is 16.7. The van der Waals surface area contributed by atoms with Crippen LogP contribution in [0.5, 0.6) is 5.75 Å². The first-order chi connectivity index (χ1) is 23.1. The number of carbonyl (C=O) groups is 2. The van der Waals surface area contributed by atoms with Crippen molar-refractivity contribution in [3.05, 3.63) is 113 Å². The molecule has 3 aromatic rings. The molecule has 6 nitrogen and oxygen atoms in total. The van der Waals surface area contributed by atoms with E-state index in [0.29, 0.717) is 25.0 Å². The van der Waals surface area contributed by atoms with Gasteiger partial charge in [0.1, 0.15) is 18.4 Å². The zero-order valence-electron chi connectivity index (χ0n) is 27.7. The molecule has 1 N–H and O–H groups in total. The smallest absolute Gasteiger partial charge is 0.347 e. The Morgan fingerprint density at radius 1 is 0.681 bits per heavy atom. The number of nitrogens with one attached hydrogen (secondary N) is 1. The number of ketones is 1. The molecule has 1 atom stereocenters. The molecule has 2 fully saturated rings. The first-order valence-electron chi connectivity index (χ1n) is 18.0. The minimum Gasteiger partial charge on any atom is -0.489 e. The molecule has 0 unspecified atom stereocenters. The zero-order chi connectivity index (χ0) is 32.3. The van der Waals surface area contributed by atoms with Crippen LogP contribution in [0.15, 0.2) is 96.2 Å². The molecule has 0 saturated heterocycles. The van der Waals surface area contributed by atoms with Crippen LogP contribution < -0.4 is 10.1 Å². The average Bonchev–Trinajstić information content (AvgIpc) is 3.14. The minimum absolute atomic E-state index is 0.0471. The third kappa shape index (κ3) is 9.13. The quantitative estimate of drug-likeness (QED) is 0.150. The van der Waals surface area contributed by atoms with Crippen LogP contribution in [0.3, 0.4) is 0 Å². The maximum Gasteiger partial charge on any atom is 0.347 e. The van der Waals surface area contributed by atoms with Crippen LogP contribution in [-0.4, -0.2) is 34.9 Å². The third-order valence-electron chi connectivity index (χ3n) is 10.1. The van der Waals surface area contributed by atoms with Crippen LogP contribution in [0.25, 0.3) is 0 Å². The van der Waals surface area contributed by atoms with Crippen molar-refractivity contribution in [2.75, 3.05) is 0 Å². The first kappa shape index (κ1) is 33.0. The topological polar surface area (TPSA) is 67.9 Å². The molecule has 0 aliphatic heterocycles.